The Balaban J connectivity index is 1.76. The molecule has 2 amide bonds. The maximum atomic E-state index is 12.2. The lowest BCUT2D eigenvalue weighted by molar-refractivity contribution is -0.149. The van der Waals surface area contributed by atoms with E-state index in [-0.39, 0.29) is 17.9 Å². The average Bonchev–Trinajstić information content (AvgIpc) is 2.54. The van der Waals surface area contributed by atoms with Crippen LogP contribution in [-0.4, -0.2) is 43.1 Å². The number of nitrogens with zero attached hydrogens (tertiary/aromatic N) is 1. The van der Waals surface area contributed by atoms with Crippen LogP contribution in [0.15, 0.2) is 12.2 Å². The first-order valence-electron chi connectivity index (χ1n) is 8.05. The quantitative estimate of drug-likeness (QED) is 0.639. The minimum Gasteiger partial charge on any atom is -0.466 e. The summed E-state index contributed by atoms with van der Waals surface area (Å²) in [4.78, 5) is 25.7. The molecule has 0 bridgehead atoms. The van der Waals surface area contributed by atoms with E-state index in [0.29, 0.717) is 19.1 Å². The molecule has 21 heavy (non-hydrogen) atoms. The predicted molar refractivity (Wildman–Crippen MR) is 80.8 cm³/mol. The van der Waals surface area contributed by atoms with Gasteiger partial charge in [0.15, 0.2) is 0 Å². The topological polar surface area (TPSA) is 58.6 Å². The van der Waals surface area contributed by atoms with Crippen LogP contribution in [0.5, 0.6) is 0 Å². The first kappa shape index (κ1) is 15.9. The van der Waals surface area contributed by atoms with Crippen molar-refractivity contribution in [3.63, 3.8) is 0 Å². The molecule has 1 aliphatic carbocycles. The maximum absolute atomic E-state index is 12.2. The summed E-state index contributed by atoms with van der Waals surface area (Å²) in [5.41, 5.74) is 0. The van der Waals surface area contributed by atoms with Crippen molar-refractivity contribution in [2.24, 2.45) is 11.8 Å². The van der Waals surface area contributed by atoms with Crippen molar-refractivity contribution in [1.29, 1.82) is 0 Å². The molecule has 2 atom stereocenters. The van der Waals surface area contributed by atoms with Crippen LogP contribution in [0, 0.1) is 11.8 Å². The van der Waals surface area contributed by atoms with Crippen LogP contribution in [0.4, 0.5) is 4.79 Å². The number of carbonyl (C=O) groups excluding carboxylic acids is 2. The number of rotatable bonds is 4. The molecule has 0 aromatic carbocycles. The molecular weight excluding hydrogens is 268 g/mol. The van der Waals surface area contributed by atoms with E-state index >= 15 is 0 Å². The van der Waals surface area contributed by atoms with Gasteiger partial charge >= 0.3 is 12.0 Å². The molecule has 0 aromatic rings. The highest BCUT2D eigenvalue weighted by Gasteiger charge is 2.29. The van der Waals surface area contributed by atoms with Crippen LogP contribution in [-0.2, 0) is 9.53 Å². The molecule has 5 heteroatoms. The van der Waals surface area contributed by atoms with E-state index in [0.717, 1.165) is 45.2 Å². The Kier molecular flexibility index (Phi) is 6.08. The Bertz CT molecular complexity index is 395. The highest BCUT2D eigenvalue weighted by atomic mass is 16.5. The predicted octanol–water partition coefficient (Wildman–Crippen LogP) is 2.33. The molecule has 118 valence electrons. The number of ether oxygens (including phenoxy) is 1. The van der Waals surface area contributed by atoms with Gasteiger partial charge in [-0.25, -0.2) is 4.79 Å². The Morgan fingerprint density at radius 2 is 2.19 bits per heavy atom. The van der Waals surface area contributed by atoms with Gasteiger partial charge in [-0.3, -0.25) is 4.79 Å². The van der Waals surface area contributed by atoms with Crippen LogP contribution >= 0.6 is 0 Å². The normalized spacial score (nSPS) is 25.5. The summed E-state index contributed by atoms with van der Waals surface area (Å²) in [6.45, 7) is 4.14. The van der Waals surface area contributed by atoms with Crippen molar-refractivity contribution in [3.05, 3.63) is 12.2 Å². The maximum Gasteiger partial charge on any atom is 0.317 e. The van der Waals surface area contributed by atoms with Gasteiger partial charge in [0, 0.05) is 19.6 Å². The largest absolute Gasteiger partial charge is 0.466 e. The summed E-state index contributed by atoms with van der Waals surface area (Å²) < 4.78 is 5.06. The number of urea groups is 1. The first-order valence-corrected chi connectivity index (χ1v) is 8.05. The SMILES string of the molecule is CCOC(=O)C1CCCN(C(=O)NCC2CC=CCC2)C1. The van der Waals surface area contributed by atoms with Crippen molar-refractivity contribution in [2.75, 3.05) is 26.2 Å². The number of hydrogen-bond donors (Lipinski definition) is 1. The molecule has 1 fully saturated rings. The monoisotopic (exact) mass is 294 g/mol. The van der Waals surface area contributed by atoms with Gasteiger partial charge in [0.2, 0.25) is 0 Å². The molecule has 1 N–H and O–H groups in total. The smallest absolute Gasteiger partial charge is 0.317 e. The van der Waals surface area contributed by atoms with Gasteiger partial charge in [-0.2, -0.15) is 0 Å². The lowest BCUT2D eigenvalue weighted by Crippen LogP contribution is -2.48. The fraction of sp³-hybridized carbons (Fsp3) is 0.750. The van der Waals surface area contributed by atoms with Crippen molar-refractivity contribution < 1.29 is 14.3 Å². The third-order valence-corrected chi connectivity index (χ3v) is 4.25. The van der Waals surface area contributed by atoms with Crippen molar-refractivity contribution in [2.45, 2.75) is 39.0 Å². The highest BCUT2D eigenvalue weighted by Crippen LogP contribution is 2.19. The van der Waals surface area contributed by atoms with Crippen LogP contribution < -0.4 is 5.32 Å². The van der Waals surface area contributed by atoms with Crippen molar-refractivity contribution in [3.8, 4) is 0 Å². The minimum absolute atomic E-state index is 0.0430. The number of allylic oxidation sites excluding steroid dienone is 2. The third kappa shape index (κ3) is 4.76. The van der Waals surface area contributed by atoms with E-state index in [9.17, 15) is 9.59 Å². The molecule has 1 heterocycles. The number of hydrogen-bond acceptors (Lipinski definition) is 3. The zero-order chi connectivity index (χ0) is 15.1. The molecule has 0 aromatic heterocycles. The Hall–Kier alpha value is -1.52. The van der Waals surface area contributed by atoms with Gasteiger partial charge < -0.3 is 15.0 Å². The van der Waals surface area contributed by atoms with Crippen LogP contribution in [0.25, 0.3) is 0 Å². The fourth-order valence-electron chi connectivity index (χ4n) is 3.00. The van der Waals surface area contributed by atoms with Crippen LogP contribution in [0.2, 0.25) is 0 Å². The van der Waals surface area contributed by atoms with E-state index in [2.05, 4.69) is 17.5 Å². The van der Waals surface area contributed by atoms with E-state index in [4.69, 9.17) is 4.74 Å². The zero-order valence-electron chi connectivity index (χ0n) is 12.8. The summed E-state index contributed by atoms with van der Waals surface area (Å²) in [5, 5.41) is 3.01. The van der Waals surface area contributed by atoms with Gasteiger partial charge in [0.05, 0.1) is 12.5 Å². The molecule has 2 aliphatic rings. The van der Waals surface area contributed by atoms with E-state index < -0.39 is 0 Å². The van der Waals surface area contributed by atoms with Gasteiger partial charge in [-0.15, -0.1) is 0 Å². The molecule has 0 saturated carbocycles. The molecule has 0 spiro atoms. The van der Waals surface area contributed by atoms with Gasteiger partial charge in [0.1, 0.15) is 0 Å². The minimum atomic E-state index is -0.174. The Morgan fingerprint density at radius 1 is 1.33 bits per heavy atom. The van der Waals surface area contributed by atoms with Gasteiger partial charge in [-0.1, -0.05) is 12.2 Å². The van der Waals surface area contributed by atoms with Crippen molar-refractivity contribution in [1.82, 2.24) is 10.2 Å². The van der Waals surface area contributed by atoms with E-state index in [1.54, 1.807) is 4.90 Å². The summed E-state index contributed by atoms with van der Waals surface area (Å²) in [5.74, 6) is 0.207. The summed E-state index contributed by atoms with van der Waals surface area (Å²) in [7, 11) is 0. The van der Waals surface area contributed by atoms with Crippen LogP contribution in [0.1, 0.15) is 39.0 Å². The number of piperidine rings is 1. The fourth-order valence-corrected chi connectivity index (χ4v) is 3.00. The molecule has 2 unspecified atom stereocenters. The second kappa shape index (κ2) is 8.05. The molecular formula is C16H26N2O3. The zero-order valence-corrected chi connectivity index (χ0v) is 12.8. The number of esters is 1. The molecule has 1 aliphatic heterocycles. The number of nitrogens with one attached hydrogen (secondary N) is 1. The molecule has 1 saturated heterocycles. The third-order valence-electron chi connectivity index (χ3n) is 4.25. The summed E-state index contributed by atoms with van der Waals surface area (Å²) in [6, 6.07) is -0.0430. The summed E-state index contributed by atoms with van der Waals surface area (Å²) in [6.07, 6.45) is 9.37. The molecule has 5 nitrogen and oxygen atoms in total. The Labute approximate surface area is 126 Å². The number of amides is 2. The first-order chi connectivity index (χ1) is 10.2. The van der Waals surface area contributed by atoms with Gasteiger partial charge in [0.25, 0.3) is 0 Å². The lowest BCUT2D eigenvalue weighted by Gasteiger charge is -2.32. The van der Waals surface area contributed by atoms with Gasteiger partial charge in [-0.05, 0) is 44.9 Å². The van der Waals surface area contributed by atoms with Crippen molar-refractivity contribution >= 4 is 12.0 Å². The second-order valence-electron chi connectivity index (χ2n) is 5.87. The average molecular weight is 294 g/mol. The molecule has 0 radical (unpaired) electrons. The van der Waals surface area contributed by atoms with Crippen LogP contribution in [0.3, 0.4) is 0 Å². The molecule has 2 rings (SSSR count). The number of likely N-dealkylation sites (tertiary alicyclic amines) is 1. The second-order valence-corrected chi connectivity index (χ2v) is 5.87. The Morgan fingerprint density at radius 3 is 2.90 bits per heavy atom. The number of carbonyl (C=O) groups is 2. The summed E-state index contributed by atoms with van der Waals surface area (Å²) >= 11 is 0. The highest BCUT2D eigenvalue weighted by molar-refractivity contribution is 5.77. The standard InChI is InChI=1S/C16H26N2O3/c1-2-21-15(19)14-9-6-10-18(12-14)16(20)17-11-13-7-4-3-5-8-13/h3-4,13-14H,2,5-12H2,1H3,(H,17,20). The van der Waals surface area contributed by atoms with E-state index in [1.807, 2.05) is 6.92 Å². The van der Waals surface area contributed by atoms with E-state index in [1.165, 1.54) is 0 Å². The lowest BCUT2D eigenvalue weighted by atomic mass is 9.94.